The highest BCUT2D eigenvalue weighted by atomic mass is 16.5. The quantitative estimate of drug-likeness (QED) is 0.694. The third-order valence-electron chi connectivity index (χ3n) is 6.37. The third-order valence-corrected chi connectivity index (χ3v) is 6.37. The average Bonchev–Trinajstić information content (AvgIpc) is 2.78. The highest BCUT2D eigenvalue weighted by Gasteiger charge is 2.25. The van der Waals surface area contributed by atoms with Gasteiger partial charge in [0.15, 0.2) is 0 Å². The molecule has 1 aromatic carbocycles. The molecular weight excluding hydrogens is 414 g/mol. The number of hydrogen-bond acceptors (Lipinski definition) is 6. The van der Waals surface area contributed by atoms with Crippen LogP contribution in [0.25, 0.3) is 0 Å². The summed E-state index contributed by atoms with van der Waals surface area (Å²) in [5.74, 6) is 2.25. The van der Waals surface area contributed by atoms with Crippen molar-refractivity contribution in [3.8, 4) is 0 Å². The zero-order valence-corrected chi connectivity index (χ0v) is 20.6. The van der Waals surface area contributed by atoms with Crippen molar-refractivity contribution in [1.82, 2.24) is 19.8 Å². The van der Waals surface area contributed by atoms with Gasteiger partial charge in [0, 0.05) is 69.1 Å². The van der Waals surface area contributed by atoms with Crippen LogP contribution in [0, 0.1) is 6.92 Å². The molecule has 1 amide bonds. The number of piperazine rings is 1. The van der Waals surface area contributed by atoms with Gasteiger partial charge in [0.05, 0.1) is 12.2 Å². The molecular formula is C26H37N5O2. The fourth-order valence-electron chi connectivity index (χ4n) is 4.74. The predicted octanol–water partition coefficient (Wildman–Crippen LogP) is 3.48. The molecule has 178 valence electrons. The first-order chi connectivity index (χ1) is 15.8. The van der Waals surface area contributed by atoms with E-state index >= 15 is 0 Å². The van der Waals surface area contributed by atoms with E-state index in [1.54, 1.807) is 0 Å². The average molecular weight is 452 g/mol. The molecule has 2 aliphatic rings. The van der Waals surface area contributed by atoms with Crippen molar-refractivity contribution in [3.63, 3.8) is 0 Å². The van der Waals surface area contributed by atoms with Crippen LogP contribution in [0.4, 0.5) is 5.82 Å². The number of amides is 1. The van der Waals surface area contributed by atoms with E-state index in [1.165, 1.54) is 5.56 Å². The van der Waals surface area contributed by atoms with Gasteiger partial charge in [0.2, 0.25) is 0 Å². The van der Waals surface area contributed by atoms with Gasteiger partial charge in [-0.1, -0.05) is 26.0 Å². The molecule has 2 saturated heterocycles. The van der Waals surface area contributed by atoms with Gasteiger partial charge in [-0.3, -0.25) is 9.69 Å². The van der Waals surface area contributed by atoms with Crippen LogP contribution >= 0.6 is 0 Å². The largest absolute Gasteiger partial charge is 0.373 e. The van der Waals surface area contributed by atoms with Crippen LogP contribution in [-0.4, -0.2) is 77.2 Å². The molecule has 0 spiro atoms. The first-order valence-corrected chi connectivity index (χ1v) is 12.1. The molecule has 7 nitrogen and oxygen atoms in total. The van der Waals surface area contributed by atoms with Gasteiger partial charge in [-0.25, -0.2) is 9.97 Å². The molecule has 0 saturated carbocycles. The summed E-state index contributed by atoms with van der Waals surface area (Å²) in [4.78, 5) is 29.0. The molecule has 0 bridgehead atoms. The second-order valence-electron chi connectivity index (χ2n) is 9.81. The number of morpholine rings is 1. The molecule has 2 fully saturated rings. The summed E-state index contributed by atoms with van der Waals surface area (Å²) in [5.41, 5.74) is 2.98. The summed E-state index contributed by atoms with van der Waals surface area (Å²) in [5, 5.41) is 0. The number of rotatable bonds is 5. The van der Waals surface area contributed by atoms with Crippen molar-refractivity contribution in [1.29, 1.82) is 0 Å². The highest BCUT2D eigenvalue weighted by molar-refractivity contribution is 5.94. The predicted molar refractivity (Wildman–Crippen MR) is 131 cm³/mol. The minimum atomic E-state index is 0.108. The van der Waals surface area contributed by atoms with Crippen molar-refractivity contribution >= 4 is 11.7 Å². The summed E-state index contributed by atoms with van der Waals surface area (Å²) in [6.07, 6.45) is 0.521. The van der Waals surface area contributed by atoms with Gasteiger partial charge in [-0.15, -0.1) is 0 Å². The van der Waals surface area contributed by atoms with Crippen LogP contribution < -0.4 is 4.90 Å². The van der Waals surface area contributed by atoms with E-state index in [2.05, 4.69) is 54.6 Å². The number of anilines is 1. The molecule has 2 aliphatic heterocycles. The van der Waals surface area contributed by atoms with Crippen LogP contribution in [0.1, 0.15) is 61.1 Å². The molecule has 1 aromatic heterocycles. The lowest BCUT2D eigenvalue weighted by Gasteiger charge is -2.36. The van der Waals surface area contributed by atoms with Crippen molar-refractivity contribution in [3.05, 3.63) is 53.0 Å². The Morgan fingerprint density at radius 1 is 1.03 bits per heavy atom. The minimum absolute atomic E-state index is 0.108. The third kappa shape index (κ3) is 5.89. The number of carbonyl (C=O) groups excluding carboxylic acids is 1. The van der Waals surface area contributed by atoms with Crippen LogP contribution in [0.5, 0.6) is 0 Å². The van der Waals surface area contributed by atoms with E-state index in [1.807, 2.05) is 30.0 Å². The van der Waals surface area contributed by atoms with Gasteiger partial charge in [-0.05, 0) is 38.5 Å². The Kier molecular flexibility index (Phi) is 7.29. The maximum Gasteiger partial charge on any atom is 0.253 e. The first kappa shape index (κ1) is 23.6. The molecule has 0 aliphatic carbocycles. The number of carbonyl (C=O) groups is 1. The van der Waals surface area contributed by atoms with Crippen molar-refractivity contribution < 1.29 is 9.53 Å². The second kappa shape index (κ2) is 10.2. The van der Waals surface area contributed by atoms with Crippen LogP contribution in [0.3, 0.4) is 0 Å². The molecule has 3 heterocycles. The second-order valence-corrected chi connectivity index (χ2v) is 9.81. The fourth-order valence-corrected chi connectivity index (χ4v) is 4.74. The van der Waals surface area contributed by atoms with E-state index < -0.39 is 0 Å². The molecule has 0 N–H and O–H groups in total. The van der Waals surface area contributed by atoms with Crippen molar-refractivity contribution in [2.75, 3.05) is 44.2 Å². The monoisotopic (exact) mass is 451 g/mol. The van der Waals surface area contributed by atoms with Crippen molar-refractivity contribution in [2.24, 2.45) is 0 Å². The topological polar surface area (TPSA) is 61.8 Å². The van der Waals surface area contributed by atoms with E-state index in [9.17, 15) is 4.79 Å². The maximum atomic E-state index is 13.1. The molecule has 4 rings (SSSR count). The lowest BCUT2D eigenvalue weighted by atomic mass is 10.1. The Hall–Kier alpha value is -2.51. The van der Waals surface area contributed by atoms with Gasteiger partial charge >= 0.3 is 0 Å². The van der Waals surface area contributed by atoms with Gasteiger partial charge in [0.1, 0.15) is 11.6 Å². The maximum absolute atomic E-state index is 13.1. The summed E-state index contributed by atoms with van der Waals surface area (Å²) < 4.78 is 5.83. The molecule has 33 heavy (non-hydrogen) atoms. The zero-order chi connectivity index (χ0) is 23.5. The molecule has 2 aromatic rings. The lowest BCUT2D eigenvalue weighted by Crippen LogP contribution is -2.49. The number of benzene rings is 1. The standard InChI is InChI=1S/C26H37N5O2/c1-18(2)25-27-19(3)14-24(28-25)30-10-12-31(13-11-30)26(32)23-8-6-22(7-9-23)17-29-15-20(4)33-21(5)16-29/h6-9,14,18,20-21H,10-13,15-17H2,1-5H3. The van der Waals surface area contributed by atoms with Crippen LogP contribution in [0.15, 0.2) is 30.3 Å². The number of aromatic nitrogens is 2. The first-order valence-electron chi connectivity index (χ1n) is 12.1. The molecule has 2 unspecified atom stereocenters. The fraction of sp³-hybridized carbons (Fsp3) is 0.577. The molecule has 2 atom stereocenters. The highest BCUT2D eigenvalue weighted by Crippen LogP contribution is 2.20. The Balaban J connectivity index is 1.33. The van der Waals surface area contributed by atoms with E-state index in [4.69, 9.17) is 9.72 Å². The van der Waals surface area contributed by atoms with E-state index in [0.717, 1.165) is 55.6 Å². The molecule has 7 heteroatoms. The van der Waals surface area contributed by atoms with Gasteiger partial charge in [0.25, 0.3) is 5.91 Å². The van der Waals surface area contributed by atoms with E-state index in [-0.39, 0.29) is 18.1 Å². The normalized spacial score (nSPS) is 22.1. The number of hydrogen-bond donors (Lipinski definition) is 0. The molecule has 0 radical (unpaired) electrons. The van der Waals surface area contributed by atoms with Gasteiger partial charge < -0.3 is 14.5 Å². The summed E-state index contributed by atoms with van der Waals surface area (Å²) in [6, 6.07) is 10.2. The number of nitrogens with zero attached hydrogens (tertiary/aromatic N) is 5. The zero-order valence-electron chi connectivity index (χ0n) is 20.6. The van der Waals surface area contributed by atoms with Gasteiger partial charge in [-0.2, -0.15) is 0 Å². The minimum Gasteiger partial charge on any atom is -0.373 e. The van der Waals surface area contributed by atoms with Crippen molar-refractivity contribution in [2.45, 2.75) is 59.3 Å². The SMILES string of the molecule is Cc1cc(N2CCN(C(=O)c3ccc(CN4CC(C)OC(C)C4)cc3)CC2)nc(C(C)C)n1. The lowest BCUT2D eigenvalue weighted by molar-refractivity contribution is -0.0704. The Labute approximate surface area is 197 Å². The van der Waals surface area contributed by atoms with Crippen LogP contribution in [-0.2, 0) is 11.3 Å². The summed E-state index contributed by atoms with van der Waals surface area (Å²) in [6.45, 7) is 16.2. The number of ether oxygens (including phenoxy) is 1. The Morgan fingerprint density at radius 3 is 2.27 bits per heavy atom. The van der Waals surface area contributed by atoms with E-state index in [0.29, 0.717) is 19.0 Å². The Bertz CT molecular complexity index is 944. The smallest absolute Gasteiger partial charge is 0.253 e. The summed E-state index contributed by atoms with van der Waals surface area (Å²) in [7, 11) is 0. The summed E-state index contributed by atoms with van der Waals surface area (Å²) >= 11 is 0. The number of aryl methyl sites for hydroxylation is 1. The Morgan fingerprint density at radius 2 is 1.67 bits per heavy atom. The van der Waals surface area contributed by atoms with Crippen LogP contribution in [0.2, 0.25) is 0 Å².